The zero-order chi connectivity index (χ0) is 22.9. The van der Waals surface area contributed by atoms with Crippen LogP contribution in [0.2, 0.25) is 0 Å². The van der Waals surface area contributed by atoms with E-state index in [1.165, 1.54) is 11.3 Å². The molecule has 2 aliphatic rings. The molecule has 2 aromatic heterocycles. The van der Waals surface area contributed by atoms with E-state index >= 15 is 0 Å². The molecule has 1 saturated carbocycles. The number of hydrogen-bond acceptors (Lipinski definition) is 6. The summed E-state index contributed by atoms with van der Waals surface area (Å²) in [5, 5.41) is 13.4. The van der Waals surface area contributed by atoms with Gasteiger partial charge in [0.15, 0.2) is 0 Å². The van der Waals surface area contributed by atoms with E-state index in [1.807, 2.05) is 24.3 Å². The molecule has 33 heavy (non-hydrogen) atoms. The molecule has 3 aromatic rings. The number of methoxy groups -OCH3 is 1. The quantitative estimate of drug-likeness (QED) is 0.608. The molecule has 0 radical (unpaired) electrons. The smallest absolute Gasteiger partial charge is 0.242 e. The summed E-state index contributed by atoms with van der Waals surface area (Å²) in [5.74, 6) is 0.775. The first-order valence-electron chi connectivity index (χ1n) is 10.8. The number of nitriles is 1. The van der Waals surface area contributed by atoms with E-state index < -0.39 is 0 Å². The molecule has 5 rings (SSSR count). The third-order valence-corrected chi connectivity index (χ3v) is 7.42. The second-order valence-corrected chi connectivity index (χ2v) is 9.44. The van der Waals surface area contributed by atoms with Gasteiger partial charge in [-0.25, -0.2) is 4.98 Å². The maximum Gasteiger partial charge on any atom is 0.242 e. The summed E-state index contributed by atoms with van der Waals surface area (Å²) in [7, 11) is 1.63. The van der Waals surface area contributed by atoms with Crippen molar-refractivity contribution in [2.75, 3.05) is 19.0 Å². The molecular formula is C24H23N5O3S. The molecular weight excluding hydrogens is 438 g/mol. The molecule has 1 N–H and O–H groups in total. The van der Waals surface area contributed by atoms with Crippen LogP contribution in [0.15, 0.2) is 43.0 Å². The number of thiophene rings is 1. The number of nitrogens with one attached hydrogen (secondary N) is 1. The van der Waals surface area contributed by atoms with Gasteiger partial charge in [-0.3, -0.25) is 9.59 Å². The minimum atomic E-state index is -0.115. The highest BCUT2D eigenvalue weighted by Crippen LogP contribution is 2.49. The molecule has 8 nitrogen and oxygen atoms in total. The van der Waals surface area contributed by atoms with Gasteiger partial charge in [-0.2, -0.15) is 5.26 Å². The minimum absolute atomic E-state index is 0.00950. The summed E-state index contributed by atoms with van der Waals surface area (Å²) in [6.07, 6.45) is 6.42. The van der Waals surface area contributed by atoms with Crippen molar-refractivity contribution >= 4 is 28.2 Å². The standard InChI is InChI=1S/C24H23N5O3S/c1-32-16-4-2-3-15(9-16)18-10-19(18)23(31)27-24-20(11-25)17-5-7-29(12-21(17)33-24)22(30)13-28-8-6-26-14-28/h2-4,6,8-9,14,18-19H,5,7,10,12-13H2,1H3,(H,27,31). The second-order valence-electron chi connectivity index (χ2n) is 8.33. The number of rotatable bonds is 6. The SMILES string of the molecule is COc1cccc(C2CC2C(=O)Nc2sc3c(c2C#N)CCN(C(=O)Cn2ccnc2)C3)c1. The molecule has 1 aromatic carbocycles. The van der Waals surface area contributed by atoms with Crippen molar-refractivity contribution in [3.8, 4) is 11.8 Å². The fourth-order valence-electron chi connectivity index (χ4n) is 4.39. The van der Waals surface area contributed by atoms with E-state index in [9.17, 15) is 14.9 Å². The van der Waals surface area contributed by atoms with Crippen molar-refractivity contribution in [2.24, 2.45) is 5.92 Å². The van der Waals surface area contributed by atoms with Crippen molar-refractivity contribution in [3.05, 3.63) is 64.6 Å². The number of amides is 2. The highest BCUT2D eigenvalue weighted by atomic mass is 32.1. The summed E-state index contributed by atoms with van der Waals surface area (Å²) < 4.78 is 7.03. The van der Waals surface area contributed by atoms with Crippen LogP contribution in [0.4, 0.5) is 5.00 Å². The molecule has 0 saturated heterocycles. The highest BCUT2D eigenvalue weighted by Gasteiger charge is 2.44. The van der Waals surface area contributed by atoms with E-state index in [1.54, 1.807) is 35.3 Å². The van der Waals surface area contributed by atoms with Crippen LogP contribution in [-0.4, -0.2) is 39.9 Å². The first-order valence-corrected chi connectivity index (χ1v) is 11.6. The number of benzene rings is 1. The molecule has 0 spiro atoms. The zero-order valence-electron chi connectivity index (χ0n) is 18.2. The van der Waals surface area contributed by atoms with Crippen LogP contribution in [0.3, 0.4) is 0 Å². The predicted molar refractivity (Wildman–Crippen MR) is 123 cm³/mol. The van der Waals surface area contributed by atoms with Gasteiger partial charge in [-0.1, -0.05) is 12.1 Å². The third-order valence-electron chi connectivity index (χ3n) is 6.28. The Morgan fingerprint density at radius 2 is 2.27 bits per heavy atom. The van der Waals surface area contributed by atoms with E-state index in [0.717, 1.165) is 28.2 Å². The fraction of sp³-hybridized carbons (Fsp3) is 0.333. The van der Waals surface area contributed by atoms with Crippen molar-refractivity contribution in [1.82, 2.24) is 14.5 Å². The molecule has 1 aliphatic carbocycles. The molecule has 2 unspecified atom stereocenters. The highest BCUT2D eigenvalue weighted by molar-refractivity contribution is 7.16. The number of anilines is 1. The van der Waals surface area contributed by atoms with Crippen LogP contribution in [-0.2, 0) is 29.1 Å². The van der Waals surface area contributed by atoms with E-state index in [-0.39, 0.29) is 30.2 Å². The number of nitrogens with zero attached hydrogens (tertiary/aromatic N) is 4. The Balaban J connectivity index is 1.27. The number of ether oxygens (including phenoxy) is 1. The number of imidazole rings is 1. The maximum absolute atomic E-state index is 12.9. The van der Waals surface area contributed by atoms with Crippen LogP contribution >= 0.6 is 11.3 Å². The van der Waals surface area contributed by atoms with E-state index in [2.05, 4.69) is 16.4 Å². The Labute approximate surface area is 195 Å². The van der Waals surface area contributed by atoms with Gasteiger partial charge in [0.1, 0.15) is 23.4 Å². The average molecular weight is 462 g/mol. The molecule has 1 aliphatic heterocycles. The van der Waals surface area contributed by atoms with Gasteiger partial charge in [0.2, 0.25) is 11.8 Å². The number of fused-ring (bicyclic) bond motifs is 1. The molecule has 3 heterocycles. The third kappa shape index (κ3) is 4.22. The number of hydrogen-bond donors (Lipinski definition) is 1. The number of carbonyl (C=O) groups excluding carboxylic acids is 2. The van der Waals surface area contributed by atoms with E-state index in [4.69, 9.17) is 4.74 Å². The van der Waals surface area contributed by atoms with Crippen LogP contribution in [0.25, 0.3) is 0 Å². The van der Waals surface area contributed by atoms with Crippen molar-refractivity contribution in [3.63, 3.8) is 0 Å². The van der Waals surface area contributed by atoms with Crippen molar-refractivity contribution < 1.29 is 14.3 Å². The lowest BCUT2D eigenvalue weighted by Crippen LogP contribution is -2.37. The Morgan fingerprint density at radius 1 is 1.39 bits per heavy atom. The fourth-order valence-corrected chi connectivity index (χ4v) is 5.61. The molecule has 168 valence electrons. The van der Waals surface area contributed by atoms with Gasteiger partial charge >= 0.3 is 0 Å². The maximum atomic E-state index is 12.9. The lowest BCUT2D eigenvalue weighted by Gasteiger charge is -2.27. The lowest BCUT2D eigenvalue weighted by atomic mass is 10.0. The molecule has 2 amide bonds. The normalized spacial score (nSPS) is 18.8. The van der Waals surface area contributed by atoms with Crippen molar-refractivity contribution in [1.29, 1.82) is 5.26 Å². The largest absolute Gasteiger partial charge is 0.497 e. The summed E-state index contributed by atoms with van der Waals surface area (Å²) in [6.45, 7) is 1.25. The Morgan fingerprint density at radius 3 is 3.03 bits per heavy atom. The molecule has 0 bridgehead atoms. The van der Waals surface area contributed by atoms with Crippen LogP contribution in [0.1, 0.15) is 33.9 Å². The van der Waals surface area contributed by atoms with E-state index in [0.29, 0.717) is 30.1 Å². The first-order chi connectivity index (χ1) is 16.1. The van der Waals surface area contributed by atoms with Gasteiger partial charge < -0.3 is 19.5 Å². The second kappa shape index (κ2) is 8.71. The summed E-state index contributed by atoms with van der Waals surface area (Å²) >= 11 is 1.40. The molecule has 2 atom stereocenters. The van der Waals surface area contributed by atoms with Gasteiger partial charge in [0.05, 0.1) is 25.5 Å². The minimum Gasteiger partial charge on any atom is -0.497 e. The molecule has 9 heteroatoms. The zero-order valence-corrected chi connectivity index (χ0v) is 19.0. The van der Waals surface area contributed by atoms with Gasteiger partial charge in [-0.15, -0.1) is 11.3 Å². The lowest BCUT2D eigenvalue weighted by molar-refractivity contribution is -0.132. The first kappa shape index (κ1) is 21.2. The average Bonchev–Trinajstić information content (AvgIpc) is 3.34. The van der Waals surface area contributed by atoms with Gasteiger partial charge in [0.25, 0.3) is 0 Å². The summed E-state index contributed by atoms with van der Waals surface area (Å²) in [5.41, 5.74) is 2.57. The molecule has 1 fully saturated rings. The van der Waals surface area contributed by atoms with Crippen LogP contribution < -0.4 is 10.1 Å². The Bertz CT molecular complexity index is 1240. The summed E-state index contributed by atoms with van der Waals surface area (Å²) in [6, 6.07) is 10.1. The van der Waals surface area contributed by atoms with Crippen LogP contribution in [0, 0.1) is 17.2 Å². The predicted octanol–water partition coefficient (Wildman–Crippen LogP) is 3.15. The number of aromatic nitrogens is 2. The number of carbonyl (C=O) groups is 2. The Kier molecular flexibility index (Phi) is 5.60. The topological polar surface area (TPSA) is 100 Å². The summed E-state index contributed by atoms with van der Waals surface area (Å²) in [4.78, 5) is 32.3. The van der Waals surface area contributed by atoms with Gasteiger partial charge in [-0.05, 0) is 42.0 Å². The van der Waals surface area contributed by atoms with Gasteiger partial charge in [0, 0.05) is 29.7 Å². The van der Waals surface area contributed by atoms with Crippen LogP contribution in [0.5, 0.6) is 5.75 Å². The Hall–Kier alpha value is -3.64. The monoisotopic (exact) mass is 461 g/mol. The van der Waals surface area contributed by atoms with Crippen molar-refractivity contribution in [2.45, 2.75) is 31.8 Å².